The second-order valence-electron chi connectivity index (χ2n) is 4.47. The SMILES string of the molecule is CO/[N+]([O-])=C1\C=C([N+](=O)[O-])C2(OCCO2)c2ccccc21. The van der Waals surface area contributed by atoms with Gasteiger partial charge in [0, 0.05) is 17.6 Å². The van der Waals surface area contributed by atoms with Gasteiger partial charge in [-0.2, -0.15) is 0 Å². The van der Waals surface area contributed by atoms with Crippen molar-refractivity contribution in [2.75, 3.05) is 20.3 Å². The van der Waals surface area contributed by atoms with Gasteiger partial charge in [0.1, 0.15) is 0 Å². The molecule has 0 atom stereocenters. The van der Waals surface area contributed by atoms with Crippen molar-refractivity contribution in [2.24, 2.45) is 0 Å². The highest BCUT2D eigenvalue weighted by atomic mass is 16.9. The van der Waals surface area contributed by atoms with E-state index < -0.39 is 10.7 Å². The Morgan fingerprint density at radius 1 is 1.24 bits per heavy atom. The Labute approximate surface area is 119 Å². The fourth-order valence-corrected chi connectivity index (χ4v) is 2.57. The van der Waals surface area contributed by atoms with E-state index in [1.54, 1.807) is 24.3 Å². The van der Waals surface area contributed by atoms with Crippen LogP contribution in [0.5, 0.6) is 0 Å². The van der Waals surface area contributed by atoms with Gasteiger partial charge in [0.05, 0.1) is 29.8 Å². The monoisotopic (exact) mass is 292 g/mol. The van der Waals surface area contributed by atoms with Gasteiger partial charge in [-0.25, -0.2) is 0 Å². The summed E-state index contributed by atoms with van der Waals surface area (Å²) in [5.74, 6) is -1.57. The van der Waals surface area contributed by atoms with E-state index in [1.165, 1.54) is 7.11 Å². The molecular weight excluding hydrogens is 280 g/mol. The number of ether oxygens (including phenoxy) is 2. The highest BCUT2D eigenvalue weighted by molar-refractivity contribution is 6.08. The molecule has 0 aromatic heterocycles. The molecule has 1 aromatic rings. The Kier molecular flexibility index (Phi) is 3.11. The number of nitrogens with zero attached hydrogens (tertiary/aromatic N) is 2. The summed E-state index contributed by atoms with van der Waals surface area (Å²) in [6.07, 6.45) is 1.13. The summed E-state index contributed by atoms with van der Waals surface area (Å²) in [6.45, 7) is 0.473. The molecular formula is C13H12N2O6. The fourth-order valence-electron chi connectivity index (χ4n) is 2.57. The summed E-state index contributed by atoms with van der Waals surface area (Å²) in [5.41, 5.74) is 0.586. The summed E-state index contributed by atoms with van der Waals surface area (Å²) in [7, 11) is 1.19. The second kappa shape index (κ2) is 4.83. The van der Waals surface area contributed by atoms with Crippen LogP contribution in [0.1, 0.15) is 11.1 Å². The number of allylic oxidation sites excluding steroid dienone is 1. The third-order valence-electron chi connectivity index (χ3n) is 3.42. The zero-order valence-electron chi connectivity index (χ0n) is 11.1. The quantitative estimate of drug-likeness (QED) is 0.457. The van der Waals surface area contributed by atoms with Gasteiger partial charge in [-0.15, -0.1) is 0 Å². The Morgan fingerprint density at radius 3 is 2.52 bits per heavy atom. The number of hydrogen-bond donors (Lipinski definition) is 0. The predicted molar refractivity (Wildman–Crippen MR) is 69.8 cm³/mol. The number of rotatable bonds is 2. The molecule has 8 nitrogen and oxygen atoms in total. The minimum atomic E-state index is -1.57. The lowest BCUT2D eigenvalue weighted by molar-refractivity contribution is -0.732. The first-order chi connectivity index (χ1) is 10.1. The van der Waals surface area contributed by atoms with E-state index in [1.807, 2.05) is 0 Å². The molecule has 0 amide bonds. The summed E-state index contributed by atoms with van der Waals surface area (Å²) < 4.78 is 11.1. The lowest BCUT2D eigenvalue weighted by atomic mass is 9.88. The van der Waals surface area contributed by atoms with E-state index in [0.717, 1.165) is 6.08 Å². The standard InChI is InChI=1S/C13H12N2O6/c1-19-15(18)11-8-12(14(16)17)13(20-6-7-21-13)10-5-3-2-4-9(10)11/h2-5,8H,6-7H2,1H3/b15-11+. The van der Waals surface area contributed by atoms with Crippen molar-refractivity contribution >= 4 is 5.71 Å². The number of benzene rings is 1. The molecule has 1 saturated heterocycles. The molecule has 1 spiro atoms. The molecule has 0 saturated carbocycles. The van der Waals surface area contributed by atoms with E-state index in [4.69, 9.17) is 9.47 Å². The lowest BCUT2D eigenvalue weighted by Gasteiger charge is -2.28. The van der Waals surface area contributed by atoms with Crippen LogP contribution in [0, 0.1) is 15.3 Å². The van der Waals surface area contributed by atoms with Gasteiger partial charge >= 0.3 is 5.70 Å². The molecule has 2 aliphatic rings. The Balaban J connectivity index is 2.31. The first-order valence-electron chi connectivity index (χ1n) is 6.23. The van der Waals surface area contributed by atoms with Crippen molar-refractivity contribution < 1.29 is 24.1 Å². The van der Waals surface area contributed by atoms with Crippen molar-refractivity contribution in [3.63, 3.8) is 0 Å². The minimum absolute atomic E-state index is 0.0320. The molecule has 0 unspecified atom stereocenters. The highest BCUT2D eigenvalue weighted by Gasteiger charge is 2.55. The molecule has 3 rings (SSSR count). The van der Waals surface area contributed by atoms with E-state index in [-0.39, 0.29) is 29.5 Å². The van der Waals surface area contributed by atoms with Crippen molar-refractivity contribution in [3.8, 4) is 0 Å². The Bertz CT molecular complexity index is 660. The third-order valence-corrected chi connectivity index (χ3v) is 3.42. The molecule has 21 heavy (non-hydrogen) atoms. The Morgan fingerprint density at radius 2 is 1.90 bits per heavy atom. The normalized spacial score (nSPS) is 21.7. The maximum atomic E-state index is 11.8. The topological polar surface area (TPSA) is 96.9 Å². The van der Waals surface area contributed by atoms with Crippen LogP contribution in [0.4, 0.5) is 0 Å². The van der Waals surface area contributed by atoms with Crippen LogP contribution in [0.25, 0.3) is 0 Å². The van der Waals surface area contributed by atoms with Crippen molar-refractivity contribution in [2.45, 2.75) is 5.79 Å². The minimum Gasteiger partial charge on any atom is -0.406 e. The van der Waals surface area contributed by atoms with Gasteiger partial charge in [0.25, 0.3) is 11.5 Å². The fraction of sp³-hybridized carbons (Fsp3) is 0.308. The second-order valence-corrected chi connectivity index (χ2v) is 4.47. The van der Waals surface area contributed by atoms with Gasteiger partial charge in [-0.05, 0) is 6.07 Å². The van der Waals surface area contributed by atoms with E-state index in [9.17, 15) is 15.3 Å². The maximum absolute atomic E-state index is 11.8. The molecule has 0 bridgehead atoms. The zero-order chi connectivity index (χ0) is 15.0. The van der Waals surface area contributed by atoms with E-state index in [2.05, 4.69) is 4.84 Å². The zero-order valence-corrected chi connectivity index (χ0v) is 11.1. The van der Waals surface area contributed by atoms with Gasteiger partial charge in [0.15, 0.2) is 0 Å². The smallest absolute Gasteiger partial charge is 0.317 e. The van der Waals surface area contributed by atoms with Crippen molar-refractivity contribution in [3.05, 3.63) is 62.5 Å². The van der Waals surface area contributed by atoms with E-state index in [0.29, 0.717) is 11.1 Å². The highest BCUT2D eigenvalue weighted by Crippen LogP contribution is 2.43. The van der Waals surface area contributed by atoms with Crippen LogP contribution in [0.2, 0.25) is 0 Å². The third kappa shape index (κ3) is 1.88. The van der Waals surface area contributed by atoms with Crippen molar-refractivity contribution in [1.82, 2.24) is 0 Å². The molecule has 110 valence electrons. The first kappa shape index (κ1) is 13.5. The molecule has 1 aliphatic heterocycles. The van der Waals surface area contributed by atoms with Crippen LogP contribution < -0.4 is 0 Å². The molecule has 1 aliphatic carbocycles. The summed E-state index contributed by atoms with van der Waals surface area (Å²) in [4.78, 5) is 15.6. The maximum Gasteiger partial charge on any atom is 0.317 e. The average molecular weight is 292 g/mol. The van der Waals surface area contributed by atoms with Gasteiger partial charge in [-0.3, -0.25) is 15.3 Å². The number of hydrogen-bond acceptors (Lipinski definition) is 6. The van der Waals surface area contributed by atoms with Gasteiger partial charge in [0.2, 0.25) is 0 Å². The predicted octanol–water partition coefficient (Wildman–Crippen LogP) is 0.921. The molecule has 8 heteroatoms. The van der Waals surface area contributed by atoms with Gasteiger partial charge in [-0.1, -0.05) is 18.2 Å². The molecule has 1 fully saturated rings. The molecule has 1 heterocycles. The first-order valence-corrected chi connectivity index (χ1v) is 6.23. The van der Waals surface area contributed by atoms with Crippen LogP contribution in [-0.4, -0.2) is 35.9 Å². The molecule has 1 aromatic carbocycles. The summed E-state index contributed by atoms with van der Waals surface area (Å²) >= 11 is 0. The lowest BCUT2D eigenvalue weighted by Crippen LogP contribution is -2.39. The largest absolute Gasteiger partial charge is 0.406 e. The van der Waals surface area contributed by atoms with Crippen molar-refractivity contribution in [1.29, 1.82) is 0 Å². The van der Waals surface area contributed by atoms with E-state index >= 15 is 0 Å². The number of nitro groups is 1. The molecule has 0 N–H and O–H groups in total. The van der Waals surface area contributed by atoms with Gasteiger partial charge < -0.3 is 14.3 Å². The molecule has 0 radical (unpaired) electrons. The summed E-state index contributed by atoms with van der Waals surface area (Å²) in [5, 5.41) is 23.2. The Hall–Kier alpha value is -2.45. The van der Waals surface area contributed by atoms with Crippen LogP contribution >= 0.6 is 0 Å². The summed E-state index contributed by atoms with van der Waals surface area (Å²) in [6, 6.07) is 6.72. The van der Waals surface area contributed by atoms with Crippen LogP contribution in [0.15, 0.2) is 36.0 Å². The van der Waals surface area contributed by atoms with Crippen LogP contribution in [0.3, 0.4) is 0 Å². The van der Waals surface area contributed by atoms with Crippen LogP contribution in [-0.2, 0) is 20.1 Å². The average Bonchev–Trinajstić information content (AvgIpc) is 2.97. The number of fused-ring (bicyclic) bond motifs is 2.